The van der Waals surface area contributed by atoms with Crippen molar-refractivity contribution in [3.8, 4) is 0 Å². The van der Waals surface area contributed by atoms with Gasteiger partial charge in [-0.2, -0.15) is 4.99 Å². The fraction of sp³-hybridized carbons (Fsp3) is 0.185. The topological polar surface area (TPSA) is 101 Å². The van der Waals surface area contributed by atoms with Crippen molar-refractivity contribution in [2.45, 2.75) is 32.7 Å². The molecule has 0 saturated heterocycles. The van der Waals surface area contributed by atoms with Gasteiger partial charge in [-0.25, -0.2) is 4.79 Å². The number of nitrogens with zero attached hydrogens (tertiary/aromatic N) is 2. The molecule has 2 amide bonds. The molecular formula is C27H25N3O4S. The predicted octanol–water partition coefficient (Wildman–Crippen LogP) is 4.97. The summed E-state index contributed by atoms with van der Waals surface area (Å²) >= 11 is 1.22. The molecule has 0 aliphatic heterocycles. The maximum Gasteiger partial charge on any atom is 0.326 e. The Bertz CT molecular complexity index is 1450. The van der Waals surface area contributed by atoms with Gasteiger partial charge in [0.1, 0.15) is 6.04 Å². The lowest BCUT2D eigenvalue weighted by Gasteiger charge is -2.13. The molecule has 4 rings (SSSR count). The number of aliphatic carboxylic acids is 1. The summed E-state index contributed by atoms with van der Waals surface area (Å²) in [6.07, 6.45) is 0.564. The smallest absolute Gasteiger partial charge is 0.326 e. The van der Waals surface area contributed by atoms with E-state index in [9.17, 15) is 19.5 Å². The number of nitrogens with one attached hydrogen (secondary N) is 1. The zero-order valence-corrected chi connectivity index (χ0v) is 20.2. The molecule has 0 bridgehead atoms. The number of carbonyl (C=O) groups excluding carboxylic acids is 2. The summed E-state index contributed by atoms with van der Waals surface area (Å²) in [6, 6.07) is 20.9. The number of carboxylic acids is 1. The van der Waals surface area contributed by atoms with Crippen molar-refractivity contribution < 1.29 is 19.5 Å². The Morgan fingerprint density at radius 1 is 1.03 bits per heavy atom. The van der Waals surface area contributed by atoms with Gasteiger partial charge in [0.15, 0.2) is 4.80 Å². The fourth-order valence-electron chi connectivity index (χ4n) is 3.80. The van der Waals surface area contributed by atoms with Gasteiger partial charge >= 0.3 is 5.97 Å². The lowest BCUT2D eigenvalue weighted by Crippen LogP contribution is -2.27. The number of benzene rings is 3. The summed E-state index contributed by atoms with van der Waals surface area (Å²) in [5, 5.41) is 12.7. The van der Waals surface area contributed by atoms with E-state index < -0.39 is 17.9 Å². The van der Waals surface area contributed by atoms with Crippen LogP contribution in [0.15, 0.2) is 77.8 Å². The summed E-state index contributed by atoms with van der Waals surface area (Å²) in [7, 11) is 0. The normalized spacial score (nSPS) is 12.5. The number of aromatic nitrogens is 1. The minimum absolute atomic E-state index is 0.156. The van der Waals surface area contributed by atoms with Crippen LogP contribution in [0.3, 0.4) is 0 Å². The molecule has 2 N–H and O–H groups in total. The Kier molecular flexibility index (Phi) is 7.22. The number of hydrogen-bond donors (Lipinski definition) is 2. The molecule has 0 spiro atoms. The second-order valence-corrected chi connectivity index (χ2v) is 9.20. The second-order valence-electron chi connectivity index (χ2n) is 8.19. The Morgan fingerprint density at radius 2 is 1.74 bits per heavy atom. The average molecular weight is 488 g/mol. The van der Waals surface area contributed by atoms with E-state index in [0.29, 0.717) is 28.0 Å². The van der Waals surface area contributed by atoms with E-state index in [1.807, 2.05) is 49.4 Å². The van der Waals surface area contributed by atoms with Crippen molar-refractivity contribution in [2.24, 2.45) is 4.99 Å². The van der Waals surface area contributed by atoms with Gasteiger partial charge in [0.25, 0.3) is 5.91 Å². The molecule has 0 aliphatic rings. The van der Waals surface area contributed by atoms with Crippen molar-refractivity contribution in [3.63, 3.8) is 0 Å². The van der Waals surface area contributed by atoms with Crippen molar-refractivity contribution >= 4 is 45.0 Å². The molecule has 1 atom stereocenters. The van der Waals surface area contributed by atoms with Crippen LogP contribution in [0, 0.1) is 6.92 Å². The molecule has 35 heavy (non-hydrogen) atoms. The monoisotopic (exact) mass is 487 g/mol. The maximum absolute atomic E-state index is 12.8. The van der Waals surface area contributed by atoms with E-state index in [2.05, 4.69) is 10.3 Å². The van der Waals surface area contributed by atoms with Crippen molar-refractivity contribution in [1.29, 1.82) is 0 Å². The van der Waals surface area contributed by atoms with Gasteiger partial charge in [0.05, 0.1) is 16.6 Å². The number of hydrogen-bond acceptors (Lipinski definition) is 4. The highest BCUT2D eigenvalue weighted by molar-refractivity contribution is 7.16. The van der Waals surface area contributed by atoms with Crippen LogP contribution in [0.1, 0.15) is 40.9 Å². The number of anilines is 1. The molecule has 178 valence electrons. The lowest BCUT2D eigenvalue weighted by molar-refractivity contribution is -0.141. The number of thiazole rings is 1. The third-order valence-corrected chi connectivity index (χ3v) is 6.61. The Labute approximate surface area is 206 Å². The molecule has 1 heterocycles. The first-order valence-corrected chi connectivity index (χ1v) is 12.0. The number of carbonyl (C=O) groups is 3. The standard InChI is InChI=1S/C27H25N3O4S/c1-3-21(26(33)34)30-22-14-13-20(28-24(31)15-18-7-5-4-6-8-18)16-23(22)35-27(30)29-25(32)19-11-9-17(2)10-12-19/h4-14,16,21H,3,15H2,1-2H3,(H,28,31)(H,33,34)/b29-27-. The first kappa shape index (κ1) is 24.1. The van der Waals surface area contributed by atoms with E-state index in [4.69, 9.17) is 0 Å². The van der Waals surface area contributed by atoms with Crippen LogP contribution in [0.2, 0.25) is 0 Å². The van der Waals surface area contributed by atoms with E-state index >= 15 is 0 Å². The maximum atomic E-state index is 12.8. The van der Waals surface area contributed by atoms with Gasteiger partial charge in [-0.1, -0.05) is 66.3 Å². The van der Waals surface area contributed by atoms with Gasteiger partial charge in [-0.3, -0.25) is 9.59 Å². The summed E-state index contributed by atoms with van der Waals surface area (Å²) < 4.78 is 2.31. The zero-order valence-electron chi connectivity index (χ0n) is 19.4. The summed E-state index contributed by atoms with van der Waals surface area (Å²) in [5.41, 5.74) is 3.59. The molecular weight excluding hydrogens is 462 g/mol. The summed E-state index contributed by atoms with van der Waals surface area (Å²) in [6.45, 7) is 3.71. The highest BCUT2D eigenvalue weighted by Gasteiger charge is 2.22. The zero-order chi connectivity index (χ0) is 24.9. The van der Waals surface area contributed by atoms with Crippen molar-refractivity contribution in [1.82, 2.24) is 4.57 Å². The molecule has 7 nitrogen and oxygen atoms in total. The largest absolute Gasteiger partial charge is 0.480 e. The van der Waals surface area contributed by atoms with Crippen LogP contribution in [-0.2, 0) is 16.0 Å². The molecule has 0 saturated carbocycles. The molecule has 0 radical (unpaired) electrons. The number of amides is 2. The SMILES string of the molecule is CCC(C(=O)O)n1/c(=N/C(=O)c2ccc(C)cc2)sc2cc(NC(=O)Cc3ccccc3)ccc21. The number of rotatable bonds is 7. The van der Waals surface area contributed by atoms with E-state index in [0.717, 1.165) is 15.8 Å². The van der Waals surface area contributed by atoms with Gasteiger partial charge in [-0.15, -0.1) is 0 Å². The minimum Gasteiger partial charge on any atom is -0.480 e. The molecule has 3 aromatic carbocycles. The van der Waals surface area contributed by atoms with Gasteiger partial charge in [0, 0.05) is 11.3 Å². The molecule has 4 aromatic rings. The van der Waals surface area contributed by atoms with Crippen LogP contribution < -0.4 is 10.1 Å². The number of carboxylic acid groups (broad SMARTS) is 1. The van der Waals surface area contributed by atoms with Crippen molar-refractivity contribution in [2.75, 3.05) is 5.32 Å². The molecule has 0 fully saturated rings. The second kappa shape index (κ2) is 10.5. The minimum atomic E-state index is -1.00. The van der Waals surface area contributed by atoms with Crippen LogP contribution in [0.4, 0.5) is 5.69 Å². The molecule has 8 heteroatoms. The van der Waals surface area contributed by atoms with E-state index in [1.54, 1.807) is 41.8 Å². The summed E-state index contributed by atoms with van der Waals surface area (Å²) in [5.74, 6) is -1.60. The van der Waals surface area contributed by atoms with Crippen LogP contribution in [0.25, 0.3) is 10.2 Å². The Morgan fingerprint density at radius 3 is 2.40 bits per heavy atom. The van der Waals surface area contributed by atoms with E-state index in [-0.39, 0.29) is 12.3 Å². The third kappa shape index (κ3) is 5.55. The third-order valence-electron chi connectivity index (χ3n) is 5.60. The van der Waals surface area contributed by atoms with Crippen LogP contribution >= 0.6 is 11.3 Å². The van der Waals surface area contributed by atoms with Gasteiger partial charge in [-0.05, 0) is 49.2 Å². The Balaban J connectivity index is 1.72. The highest BCUT2D eigenvalue weighted by Crippen LogP contribution is 2.26. The van der Waals surface area contributed by atoms with Gasteiger partial charge in [0.2, 0.25) is 5.91 Å². The first-order chi connectivity index (χ1) is 16.9. The van der Waals surface area contributed by atoms with Crippen LogP contribution in [0.5, 0.6) is 0 Å². The Hall–Kier alpha value is -4.04. The van der Waals surface area contributed by atoms with Crippen molar-refractivity contribution in [3.05, 3.63) is 94.3 Å². The van der Waals surface area contributed by atoms with E-state index in [1.165, 1.54) is 11.3 Å². The fourth-order valence-corrected chi connectivity index (χ4v) is 4.91. The first-order valence-electron chi connectivity index (χ1n) is 11.2. The average Bonchev–Trinajstić information content (AvgIpc) is 3.17. The number of fused-ring (bicyclic) bond motifs is 1. The molecule has 0 aliphatic carbocycles. The van der Waals surface area contributed by atoms with Gasteiger partial charge < -0.3 is 15.0 Å². The molecule has 1 unspecified atom stereocenters. The quantitative estimate of drug-likeness (QED) is 0.384. The van der Waals surface area contributed by atoms with Crippen LogP contribution in [-0.4, -0.2) is 27.5 Å². The predicted molar refractivity (Wildman–Crippen MR) is 137 cm³/mol. The lowest BCUT2D eigenvalue weighted by atomic mass is 10.1. The summed E-state index contributed by atoms with van der Waals surface area (Å²) in [4.78, 5) is 41.9. The highest BCUT2D eigenvalue weighted by atomic mass is 32.1. The molecule has 1 aromatic heterocycles. The number of aryl methyl sites for hydroxylation is 1.